The van der Waals surface area contributed by atoms with Crippen LogP contribution < -0.4 is 5.73 Å². The molecule has 0 radical (unpaired) electrons. The van der Waals surface area contributed by atoms with Gasteiger partial charge in [-0.15, -0.1) is 0 Å². The highest BCUT2D eigenvalue weighted by Crippen LogP contribution is 2.35. The molecule has 1 unspecified atom stereocenters. The summed E-state index contributed by atoms with van der Waals surface area (Å²) in [7, 11) is 0. The smallest absolute Gasteiger partial charge is 0.167 e. The van der Waals surface area contributed by atoms with Crippen molar-refractivity contribution in [3.63, 3.8) is 0 Å². The molecule has 152 valence electrons. The van der Waals surface area contributed by atoms with Gasteiger partial charge in [-0.2, -0.15) is 0 Å². The summed E-state index contributed by atoms with van der Waals surface area (Å²) in [5.41, 5.74) is 9.19. The average molecular weight is 397 g/mol. The summed E-state index contributed by atoms with van der Waals surface area (Å²) in [5.74, 6) is 0.248. The summed E-state index contributed by atoms with van der Waals surface area (Å²) < 4.78 is 13.6. The van der Waals surface area contributed by atoms with Crippen molar-refractivity contribution in [3.8, 4) is 0 Å². The van der Waals surface area contributed by atoms with Crippen LogP contribution in [0.25, 0.3) is 11.2 Å². The summed E-state index contributed by atoms with van der Waals surface area (Å²) >= 11 is 0. The first kappa shape index (κ1) is 18.4. The second kappa shape index (κ2) is 7.34. The number of rotatable bonds is 4. The van der Waals surface area contributed by atoms with Crippen LogP contribution in [0.5, 0.6) is 0 Å². The summed E-state index contributed by atoms with van der Waals surface area (Å²) in [5, 5.41) is 21.1. The number of nitrogens with zero attached hydrogens (tertiary/aromatic N) is 4. The molecule has 5 atom stereocenters. The minimum absolute atomic E-state index is 0.0337. The van der Waals surface area contributed by atoms with Crippen LogP contribution in [0.1, 0.15) is 36.3 Å². The predicted molar refractivity (Wildman–Crippen MR) is 104 cm³/mol. The first-order chi connectivity index (χ1) is 14.1. The zero-order valence-corrected chi connectivity index (χ0v) is 15.8. The van der Waals surface area contributed by atoms with E-state index in [1.165, 1.54) is 23.8 Å². The van der Waals surface area contributed by atoms with Gasteiger partial charge in [0.05, 0.1) is 19.0 Å². The fourth-order valence-corrected chi connectivity index (χ4v) is 4.25. The van der Waals surface area contributed by atoms with Crippen LogP contribution in [-0.2, 0) is 15.9 Å². The van der Waals surface area contributed by atoms with Crippen molar-refractivity contribution in [2.45, 2.75) is 49.9 Å². The maximum atomic E-state index is 10.6. The molecule has 9 nitrogen and oxygen atoms in total. The highest BCUT2D eigenvalue weighted by molar-refractivity contribution is 5.81. The predicted octanol–water partition coefficient (Wildman–Crippen LogP) is 1.12. The largest absolute Gasteiger partial charge is 0.387 e. The number of nitrogens with two attached hydrogens (primary N) is 1. The number of nitrogen functional groups attached to an aromatic ring is 1. The molecule has 2 aliphatic rings. The molecular formula is C20H23N5O4. The second-order valence-corrected chi connectivity index (χ2v) is 7.54. The number of aromatic nitrogens is 4. The first-order valence-electron chi connectivity index (χ1n) is 9.77. The standard InChI is InChI=1S/C20H23N5O4/c21-18-15-19(23-9-22-18)25(10-24-15)20-17(27)16(26)14(29-20)8-28-13-7-3-5-11-4-1-2-6-12(11)13/h1-2,4,6,9-10,13-14,16-17,20,26-27H,3,5,7-8H2,(H2,21,22,23)/t13?,14-,16-,17-,20-/m1/s1. The number of fused-ring (bicyclic) bond motifs is 2. The normalized spacial score (nSPS) is 29.2. The van der Waals surface area contributed by atoms with E-state index in [1.807, 2.05) is 12.1 Å². The maximum Gasteiger partial charge on any atom is 0.167 e. The fourth-order valence-electron chi connectivity index (χ4n) is 4.25. The molecule has 3 heterocycles. The van der Waals surface area contributed by atoms with Gasteiger partial charge < -0.3 is 25.4 Å². The summed E-state index contributed by atoms with van der Waals surface area (Å²) in [6.45, 7) is 0.178. The van der Waals surface area contributed by atoms with Gasteiger partial charge in [-0.25, -0.2) is 15.0 Å². The van der Waals surface area contributed by atoms with Crippen LogP contribution >= 0.6 is 0 Å². The van der Waals surface area contributed by atoms with Crippen molar-refractivity contribution < 1.29 is 19.7 Å². The zero-order valence-electron chi connectivity index (χ0n) is 15.8. The van der Waals surface area contributed by atoms with Crippen molar-refractivity contribution in [3.05, 3.63) is 48.0 Å². The van der Waals surface area contributed by atoms with E-state index >= 15 is 0 Å². The van der Waals surface area contributed by atoms with Gasteiger partial charge >= 0.3 is 0 Å². The third-order valence-corrected chi connectivity index (χ3v) is 5.77. The van der Waals surface area contributed by atoms with Crippen LogP contribution in [-0.4, -0.2) is 54.7 Å². The first-order valence-corrected chi connectivity index (χ1v) is 9.77. The number of anilines is 1. The number of hydrogen-bond acceptors (Lipinski definition) is 8. The molecule has 0 saturated carbocycles. The van der Waals surface area contributed by atoms with E-state index in [0.717, 1.165) is 19.3 Å². The lowest BCUT2D eigenvalue weighted by atomic mass is 9.89. The van der Waals surface area contributed by atoms with E-state index in [9.17, 15) is 10.2 Å². The molecule has 0 bridgehead atoms. The summed E-state index contributed by atoms with van der Waals surface area (Å²) in [6, 6.07) is 8.27. The summed E-state index contributed by atoms with van der Waals surface area (Å²) in [4.78, 5) is 12.3. The molecule has 1 aliphatic heterocycles. The van der Waals surface area contributed by atoms with E-state index in [1.54, 1.807) is 4.57 Å². The van der Waals surface area contributed by atoms with Crippen molar-refractivity contribution in [2.75, 3.05) is 12.3 Å². The molecule has 1 fully saturated rings. The van der Waals surface area contributed by atoms with Gasteiger partial charge in [-0.05, 0) is 30.4 Å². The molecule has 0 amide bonds. The van der Waals surface area contributed by atoms with Crippen LogP contribution in [0.3, 0.4) is 0 Å². The van der Waals surface area contributed by atoms with Crippen molar-refractivity contribution in [1.29, 1.82) is 0 Å². The molecule has 1 aliphatic carbocycles. The van der Waals surface area contributed by atoms with Gasteiger partial charge in [0.15, 0.2) is 17.7 Å². The molecule has 3 aromatic rings. The van der Waals surface area contributed by atoms with Crippen LogP contribution in [0, 0.1) is 0 Å². The van der Waals surface area contributed by atoms with Crippen molar-refractivity contribution >= 4 is 17.0 Å². The van der Waals surface area contributed by atoms with E-state index in [-0.39, 0.29) is 18.5 Å². The topological polar surface area (TPSA) is 129 Å². The van der Waals surface area contributed by atoms with Gasteiger partial charge in [0.25, 0.3) is 0 Å². The molecule has 4 N–H and O–H groups in total. The highest BCUT2D eigenvalue weighted by Gasteiger charge is 2.44. The Labute approximate surface area is 167 Å². The third-order valence-electron chi connectivity index (χ3n) is 5.77. The van der Waals surface area contributed by atoms with Gasteiger partial charge in [0, 0.05) is 0 Å². The number of aliphatic hydroxyl groups is 2. The van der Waals surface area contributed by atoms with Crippen molar-refractivity contribution in [1.82, 2.24) is 19.5 Å². The molecule has 1 saturated heterocycles. The summed E-state index contributed by atoms with van der Waals surface area (Å²) in [6.07, 6.45) is 2.08. The van der Waals surface area contributed by atoms with Gasteiger partial charge in [-0.1, -0.05) is 24.3 Å². The molecular weight excluding hydrogens is 374 g/mol. The van der Waals surface area contributed by atoms with Crippen molar-refractivity contribution in [2.24, 2.45) is 0 Å². The van der Waals surface area contributed by atoms with Crippen LogP contribution in [0.2, 0.25) is 0 Å². The Hall–Kier alpha value is -2.59. The number of benzene rings is 1. The Morgan fingerprint density at radius 3 is 2.93 bits per heavy atom. The SMILES string of the molecule is Nc1ncnc2c1ncn2[C@@H]1O[C@H](COC2CCCc3ccccc32)[C@@H](O)[C@H]1O. The fraction of sp³-hybridized carbons (Fsp3) is 0.450. The monoisotopic (exact) mass is 397 g/mol. The maximum absolute atomic E-state index is 10.6. The Morgan fingerprint density at radius 1 is 1.17 bits per heavy atom. The molecule has 29 heavy (non-hydrogen) atoms. The lowest BCUT2D eigenvalue weighted by Crippen LogP contribution is -2.34. The molecule has 1 aromatic carbocycles. The molecule has 9 heteroatoms. The lowest BCUT2D eigenvalue weighted by Gasteiger charge is -2.27. The third kappa shape index (κ3) is 3.16. The number of imidazole rings is 1. The van der Waals surface area contributed by atoms with Gasteiger partial charge in [0.1, 0.15) is 30.2 Å². The highest BCUT2D eigenvalue weighted by atomic mass is 16.6. The van der Waals surface area contributed by atoms with E-state index < -0.39 is 24.5 Å². The Bertz CT molecular complexity index is 1030. The Balaban J connectivity index is 1.32. The lowest BCUT2D eigenvalue weighted by molar-refractivity contribution is -0.0842. The quantitative estimate of drug-likeness (QED) is 0.597. The average Bonchev–Trinajstić information content (AvgIpc) is 3.29. The Kier molecular flexibility index (Phi) is 4.67. The van der Waals surface area contributed by atoms with Gasteiger partial charge in [0.2, 0.25) is 0 Å². The number of hydrogen-bond donors (Lipinski definition) is 3. The number of ether oxygens (including phenoxy) is 2. The molecule has 5 rings (SSSR count). The minimum Gasteiger partial charge on any atom is -0.387 e. The minimum atomic E-state index is -1.14. The number of aliphatic hydroxyl groups excluding tert-OH is 2. The zero-order chi connectivity index (χ0) is 20.0. The molecule has 2 aromatic heterocycles. The van der Waals surface area contributed by atoms with E-state index in [4.69, 9.17) is 15.2 Å². The second-order valence-electron chi connectivity index (χ2n) is 7.54. The van der Waals surface area contributed by atoms with E-state index in [0.29, 0.717) is 11.2 Å². The Morgan fingerprint density at radius 2 is 2.03 bits per heavy atom. The molecule has 0 spiro atoms. The van der Waals surface area contributed by atoms with Crippen LogP contribution in [0.4, 0.5) is 5.82 Å². The number of aryl methyl sites for hydroxylation is 1. The van der Waals surface area contributed by atoms with Gasteiger partial charge in [-0.3, -0.25) is 4.57 Å². The van der Waals surface area contributed by atoms with Crippen LogP contribution in [0.15, 0.2) is 36.9 Å². The van der Waals surface area contributed by atoms with E-state index in [2.05, 4.69) is 27.1 Å².